The van der Waals surface area contributed by atoms with Crippen molar-refractivity contribution in [1.29, 1.82) is 5.26 Å². The predicted molar refractivity (Wildman–Crippen MR) is 71.4 cm³/mol. The third-order valence-corrected chi connectivity index (χ3v) is 3.96. The van der Waals surface area contributed by atoms with E-state index in [0.717, 1.165) is 25.7 Å². The number of carbonyl (C=O) groups is 1. The number of hydrogen-bond donors (Lipinski definition) is 1. The molecular weight excluding hydrogens is 240 g/mol. The second-order valence-electron chi connectivity index (χ2n) is 5.35. The van der Waals surface area contributed by atoms with Crippen LogP contribution in [0.3, 0.4) is 0 Å². The average Bonchev–Trinajstić information content (AvgIpc) is 2.37. The first-order valence-electron chi connectivity index (χ1n) is 6.94. The maximum absolute atomic E-state index is 12.2. The molecule has 0 aromatic carbocycles. The number of nitriles is 1. The first-order valence-corrected chi connectivity index (χ1v) is 6.94. The molecule has 0 bridgehead atoms. The van der Waals surface area contributed by atoms with E-state index >= 15 is 0 Å². The Bertz CT molecular complexity index is 497. The first kappa shape index (κ1) is 13.7. The number of carbonyl (C=O) groups excluding carboxylic acids is 1. The van der Waals surface area contributed by atoms with Gasteiger partial charge < -0.3 is 10.5 Å². The van der Waals surface area contributed by atoms with Gasteiger partial charge in [0.15, 0.2) is 5.78 Å². The monoisotopic (exact) mass is 260 g/mol. The summed E-state index contributed by atoms with van der Waals surface area (Å²) in [5, 5.41) is 9.32. The highest BCUT2D eigenvalue weighted by Gasteiger charge is 2.39. The van der Waals surface area contributed by atoms with Crippen LogP contribution in [0.1, 0.15) is 46.0 Å². The lowest BCUT2D eigenvalue weighted by molar-refractivity contribution is -0.117. The Balaban J connectivity index is 2.46. The first-order chi connectivity index (χ1) is 9.10. The lowest BCUT2D eigenvalue weighted by Crippen LogP contribution is -2.32. The molecule has 2 rings (SSSR count). The molecule has 19 heavy (non-hydrogen) atoms. The molecule has 102 valence electrons. The van der Waals surface area contributed by atoms with Crippen molar-refractivity contribution in [3.05, 3.63) is 22.8 Å². The summed E-state index contributed by atoms with van der Waals surface area (Å²) < 4.78 is 5.52. The molecule has 0 aromatic heterocycles. The van der Waals surface area contributed by atoms with Crippen LogP contribution in [0.15, 0.2) is 22.8 Å². The van der Waals surface area contributed by atoms with Gasteiger partial charge in [-0.2, -0.15) is 5.26 Å². The Labute approximate surface area is 113 Å². The van der Waals surface area contributed by atoms with Crippen LogP contribution in [0.25, 0.3) is 0 Å². The van der Waals surface area contributed by atoms with Crippen LogP contribution < -0.4 is 5.73 Å². The molecule has 0 amide bonds. The Kier molecular flexibility index (Phi) is 3.94. The van der Waals surface area contributed by atoms with Gasteiger partial charge in [-0.3, -0.25) is 4.79 Å². The summed E-state index contributed by atoms with van der Waals surface area (Å²) in [7, 11) is 0. The molecule has 4 nitrogen and oxygen atoms in total. The van der Waals surface area contributed by atoms with Crippen molar-refractivity contribution < 1.29 is 9.53 Å². The maximum atomic E-state index is 12.2. The summed E-state index contributed by atoms with van der Waals surface area (Å²) >= 11 is 0. The van der Waals surface area contributed by atoms with Crippen LogP contribution >= 0.6 is 0 Å². The standard InChI is InChI=1S/C15H20N2O2/c1-3-5-9(2)13-10(8-16)15(17)19-12-7-4-6-11(18)14(12)13/h9,13H,3-7,17H2,1-2H3/t9-,13+/m0/s1. The molecule has 0 spiro atoms. The van der Waals surface area contributed by atoms with Crippen molar-refractivity contribution in [2.75, 3.05) is 0 Å². The van der Waals surface area contributed by atoms with Crippen LogP contribution in [0.2, 0.25) is 0 Å². The van der Waals surface area contributed by atoms with Gasteiger partial charge in [0.1, 0.15) is 11.8 Å². The zero-order chi connectivity index (χ0) is 14.0. The van der Waals surface area contributed by atoms with E-state index in [9.17, 15) is 10.1 Å². The van der Waals surface area contributed by atoms with Crippen LogP contribution in [0.4, 0.5) is 0 Å². The fourth-order valence-corrected chi connectivity index (χ4v) is 3.09. The van der Waals surface area contributed by atoms with Gasteiger partial charge in [0.05, 0.1) is 5.57 Å². The van der Waals surface area contributed by atoms with Crippen molar-refractivity contribution in [3.63, 3.8) is 0 Å². The summed E-state index contributed by atoms with van der Waals surface area (Å²) in [6.07, 6.45) is 4.09. The van der Waals surface area contributed by atoms with Gasteiger partial charge in [0, 0.05) is 24.3 Å². The van der Waals surface area contributed by atoms with Gasteiger partial charge in [0.25, 0.3) is 0 Å². The molecule has 2 aliphatic rings. The fraction of sp³-hybridized carbons (Fsp3) is 0.600. The number of nitrogens with zero attached hydrogens (tertiary/aromatic N) is 1. The number of ether oxygens (including phenoxy) is 1. The molecule has 0 fully saturated rings. The van der Waals surface area contributed by atoms with Crippen molar-refractivity contribution >= 4 is 5.78 Å². The lowest BCUT2D eigenvalue weighted by atomic mass is 9.74. The van der Waals surface area contributed by atoms with E-state index in [-0.39, 0.29) is 23.5 Å². The van der Waals surface area contributed by atoms with Crippen LogP contribution in [0, 0.1) is 23.2 Å². The number of nitrogens with two attached hydrogens (primary N) is 1. The van der Waals surface area contributed by atoms with E-state index in [1.54, 1.807) is 0 Å². The van der Waals surface area contributed by atoms with Gasteiger partial charge in [-0.05, 0) is 12.3 Å². The maximum Gasteiger partial charge on any atom is 0.204 e. The highest BCUT2D eigenvalue weighted by Crippen LogP contribution is 2.42. The second-order valence-corrected chi connectivity index (χ2v) is 5.35. The SMILES string of the molecule is CCC[C@H](C)[C@@H]1C(C#N)=C(N)OC2=C1C(=O)CCC2. The highest BCUT2D eigenvalue weighted by atomic mass is 16.5. The quantitative estimate of drug-likeness (QED) is 0.846. The Morgan fingerprint density at radius 2 is 2.26 bits per heavy atom. The summed E-state index contributed by atoms with van der Waals surface area (Å²) in [5.74, 6) is 1.05. The highest BCUT2D eigenvalue weighted by molar-refractivity contribution is 5.98. The minimum atomic E-state index is -0.179. The van der Waals surface area contributed by atoms with Crippen LogP contribution in [-0.4, -0.2) is 5.78 Å². The largest absolute Gasteiger partial charge is 0.444 e. The lowest BCUT2D eigenvalue weighted by Gasteiger charge is -2.33. The molecule has 0 saturated carbocycles. The topological polar surface area (TPSA) is 76.1 Å². The van der Waals surface area contributed by atoms with E-state index in [4.69, 9.17) is 10.5 Å². The van der Waals surface area contributed by atoms with E-state index in [2.05, 4.69) is 19.9 Å². The van der Waals surface area contributed by atoms with Gasteiger partial charge in [0.2, 0.25) is 5.88 Å². The molecule has 0 aromatic rings. The minimum Gasteiger partial charge on any atom is -0.444 e. The molecule has 2 N–H and O–H groups in total. The van der Waals surface area contributed by atoms with Crippen LogP contribution in [-0.2, 0) is 9.53 Å². The van der Waals surface area contributed by atoms with Gasteiger partial charge in [-0.1, -0.05) is 26.7 Å². The molecule has 2 atom stereocenters. The van der Waals surface area contributed by atoms with Gasteiger partial charge in [-0.25, -0.2) is 0 Å². The van der Waals surface area contributed by atoms with Crippen LogP contribution in [0.5, 0.6) is 0 Å². The molecule has 0 saturated heterocycles. The average molecular weight is 260 g/mol. The minimum absolute atomic E-state index is 0.120. The summed E-state index contributed by atoms with van der Waals surface area (Å²) in [6, 6.07) is 2.14. The third-order valence-electron chi connectivity index (χ3n) is 3.96. The number of rotatable bonds is 3. The van der Waals surface area contributed by atoms with Crippen molar-refractivity contribution in [2.45, 2.75) is 46.0 Å². The van der Waals surface area contributed by atoms with Crippen molar-refractivity contribution in [3.8, 4) is 6.07 Å². The van der Waals surface area contributed by atoms with Crippen molar-refractivity contribution in [1.82, 2.24) is 0 Å². The number of ketones is 1. The van der Waals surface area contributed by atoms with E-state index < -0.39 is 0 Å². The van der Waals surface area contributed by atoms with E-state index in [1.165, 1.54) is 0 Å². The van der Waals surface area contributed by atoms with Gasteiger partial charge >= 0.3 is 0 Å². The van der Waals surface area contributed by atoms with E-state index in [0.29, 0.717) is 23.3 Å². The van der Waals surface area contributed by atoms with Gasteiger partial charge in [-0.15, -0.1) is 0 Å². The molecule has 0 unspecified atom stereocenters. The molecule has 1 aliphatic carbocycles. The zero-order valence-electron chi connectivity index (χ0n) is 11.5. The smallest absolute Gasteiger partial charge is 0.204 e. The van der Waals surface area contributed by atoms with E-state index in [1.807, 2.05) is 0 Å². The number of Topliss-reactive ketones (excluding diaryl/α,β-unsaturated/α-hetero) is 1. The Morgan fingerprint density at radius 3 is 2.89 bits per heavy atom. The second kappa shape index (κ2) is 5.48. The van der Waals surface area contributed by atoms with Crippen molar-refractivity contribution in [2.24, 2.45) is 17.6 Å². The number of hydrogen-bond acceptors (Lipinski definition) is 4. The summed E-state index contributed by atoms with van der Waals surface area (Å²) in [4.78, 5) is 12.2. The molecule has 0 radical (unpaired) electrons. The molecule has 4 heteroatoms. The molecule has 1 aliphatic heterocycles. The summed E-state index contributed by atoms with van der Waals surface area (Å²) in [6.45, 7) is 4.18. The number of allylic oxidation sites excluding steroid dienone is 3. The summed E-state index contributed by atoms with van der Waals surface area (Å²) in [5.41, 5.74) is 6.99. The predicted octanol–water partition coefficient (Wildman–Crippen LogP) is 2.77. The molecular formula is C15H20N2O2. The third kappa shape index (κ3) is 2.37. The Hall–Kier alpha value is -1.76. The zero-order valence-corrected chi connectivity index (χ0v) is 11.5. The fourth-order valence-electron chi connectivity index (χ4n) is 3.09. The normalized spacial score (nSPS) is 24.7. The Morgan fingerprint density at radius 1 is 1.53 bits per heavy atom. The molecule has 1 heterocycles.